The van der Waals surface area contributed by atoms with Gasteiger partial charge in [0.15, 0.2) is 0 Å². The Morgan fingerprint density at radius 3 is 2.50 bits per heavy atom. The zero-order chi connectivity index (χ0) is 17.6. The predicted molar refractivity (Wildman–Crippen MR) is 93.6 cm³/mol. The average molecular weight is 368 g/mol. The first-order chi connectivity index (χ1) is 11.5. The van der Waals surface area contributed by atoms with Crippen molar-refractivity contribution in [3.05, 3.63) is 46.7 Å². The summed E-state index contributed by atoms with van der Waals surface area (Å²) in [6.45, 7) is 2.10. The van der Waals surface area contributed by atoms with Gasteiger partial charge in [-0.15, -0.1) is 11.3 Å². The van der Waals surface area contributed by atoms with Gasteiger partial charge in [-0.05, 0) is 35.7 Å². The second-order valence-electron chi connectivity index (χ2n) is 4.96. The lowest BCUT2D eigenvalue weighted by molar-refractivity contribution is -0.121. The van der Waals surface area contributed by atoms with Gasteiger partial charge in [0.2, 0.25) is 15.9 Å². The molecule has 1 N–H and O–H groups in total. The molecule has 0 aliphatic rings. The van der Waals surface area contributed by atoms with Gasteiger partial charge in [-0.3, -0.25) is 4.79 Å². The summed E-state index contributed by atoms with van der Waals surface area (Å²) in [6, 6.07) is 9.92. The Bertz CT molecular complexity index is 756. The zero-order valence-electron chi connectivity index (χ0n) is 13.6. The number of thiophene rings is 1. The third-order valence-corrected chi connectivity index (χ3v) is 6.22. The van der Waals surface area contributed by atoms with Crippen LogP contribution >= 0.6 is 11.3 Å². The Morgan fingerprint density at radius 2 is 1.96 bits per heavy atom. The van der Waals surface area contributed by atoms with Crippen LogP contribution in [0.2, 0.25) is 0 Å². The molecule has 0 bridgehead atoms. The number of ether oxygens (including phenoxy) is 1. The van der Waals surface area contributed by atoms with Crippen LogP contribution in [0.15, 0.2) is 46.7 Å². The molecule has 8 heteroatoms. The molecule has 0 atom stereocenters. The standard InChI is InChI=1S/C16H20N2O4S2/c1-3-18(12-16(19)17-11-14-5-4-10-23-14)24(20,21)15-8-6-13(22-2)7-9-15/h4-10H,3,11-12H2,1-2H3,(H,17,19). The van der Waals surface area contributed by atoms with Gasteiger partial charge in [0, 0.05) is 11.4 Å². The molecule has 1 aromatic heterocycles. The van der Waals surface area contributed by atoms with Gasteiger partial charge in [-0.1, -0.05) is 13.0 Å². The molecule has 0 saturated heterocycles. The van der Waals surface area contributed by atoms with Crippen LogP contribution in [0.3, 0.4) is 0 Å². The summed E-state index contributed by atoms with van der Waals surface area (Å²) in [4.78, 5) is 13.2. The van der Waals surface area contributed by atoms with Crippen LogP contribution in [0.5, 0.6) is 5.75 Å². The quantitative estimate of drug-likeness (QED) is 0.774. The van der Waals surface area contributed by atoms with Crippen LogP contribution in [0.1, 0.15) is 11.8 Å². The first-order valence-electron chi connectivity index (χ1n) is 7.40. The largest absolute Gasteiger partial charge is 0.497 e. The number of carbonyl (C=O) groups excluding carboxylic acids is 1. The number of methoxy groups -OCH3 is 1. The number of amides is 1. The Hall–Kier alpha value is -1.90. The third kappa shape index (κ3) is 4.56. The molecule has 2 rings (SSSR count). The predicted octanol–water partition coefficient (Wildman–Crippen LogP) is 2.08. The molecule has 1 amide bonds. The van der Waals surface area contributed by atoms with E-state index < -0.39 is 10.0 Å². The third-order valence-electron chi connectivity index (χ3n) is 3.41. The molecule has 0 aliphatic heterocycles. The van der Waals surface area contributed by atoms with Gasteiger partial charge < -0.3 is 10.1 Å². The van der Waals surface area contributed by atoms with Gasteiger partial charge in [0.05, 0.1) is 25.1 Å². The Morgan fingerprint density at radius 1 is 1.25 bits per heavy atom. The second-order valence-corrected chi connectivity index (χ2v) is 7.93. The summed E-state index contributed by atoms with van der Waals surface area (Å²) >= 11 is 1.54. The van der Waals surface area contributed by atoms with Crippen molar-refractivity contribution in [2.24, 2.45) is 0 Å². The van der Waals surface area contributed by atoms with E-state index in [9.17, 15) is 13.2 Å². The van der Waals surface area contributed by atoms with Crippen molar-refractivity contribution in [3.63, 3.8) is 0 Å². The SMILES string of the molecule is CCN(CC(=O)NCc1cccs1)S(=O)(=O)c1ccc(OC)cc1. The molecule has 0 unspecified atom stereocenters. The molecule has 6 nitrogen and oxygen atoms in total. The minimum absolute atomic E-state index is 0.135. The van der Waals surface area contributed by atoms with Crippen LogP contribution < -0.4 is 10.1 Å². The summed E-state index contributed by atoms with van der Waals surface area (Å²) in [5.41, 5.74) is 0. The number of nitrogens with one attached hydrogen (secondary N) is 1. The maximum atomic E-state index is 12.6. The molecule has 1 aromatic carbocycles. The van der Waals surface area contributed by atoms with Gasteiger partial charge in [0.25, 0.3) is 0 Å². The van der Waals surface area contributed by atoms with Crippen LogP contribution in [-0.2, 0) is 21.4 Å². The fourth-order valence-electron chi connectivity index (χ4n) is 2.08. The summed E-state index contributed by atoms with van der Waals surface area (Å²) in [7, 11) is -2.21. The number of benzene rings is 1. The Labute approximate surface area is 146 Å². The molecular formula is C16H20N2O4S2. The van der Waals surface area contributed by atoms with Crippen LogP contribution in [-0.4, -0.2) is 38.8 Å². The maximum absolute atomic E-state index is 12.6. The van der Waals surface area contributed by atoms with Gasteiger partial charge in [-0.2, -0.15) is 4.31 Å². The molecule has 24 heavy (non-hydrogen) atoms. The summed E-state index contributed by atoms with van der Waals surface area (Å²) < 4.78 is 31.5. The first kappa shape index (κ1) is 18.4. The molecule has 1 heterocycles. The second kappa shape index (κ2) is 8.27. The fraction of sp³-hybridized carbons (Fsp3) is 0.312. The number of nitrogens with zero attached hydrogens (tertiary/aromatic N) is 1. The molecule has 130 valence electrons. The van der Waals surface area contributed by atoms with Crippen molar-refractivity contribution < 1.29 is 17.9 Å². The van der Waals surface area contributed by atoms with Crippen molar-refractivity contribution in [2.75, 3.05) is 20.2 Å². The lowest BCUT2D eigenvalue weighted by Crippen LogP contribution is -2.40. The van der Waals surface area contributed by atoms with Crippen molar-refractivity contribution in [2.45, 2.75) is 18.4 Å². The van der Waals surface area contributed by atoms with Crippen LogP contribution in [0.25, 0.3) is 0 Å². The summed E-state index contributed by atoms with van der Waals surface area (Å²) in [5, 5.41) is 4.66. The number of sulfonamides is 1. The first-order valence-corrected chi connectivity index (χ1v) is 9.72. The van der Waals surface area contributed by atoms with E-state index in [4.69, 9.17) is 4.74 Å². The monoisotopic (exact) mass is 368 g/mol. The zero-order valence-corrected chi connectivity index (χ0v) is 15.2. The Balaban J connectivity index is 2.03. The highest BCUT2D eigenvalue weighted by molar-refractivity contribution is 7.89. The van der Waals surface area contributed by atoms with Gasteiger partial charge in [0.1, 0.15) is 5.75 Å². The van der Waals surface area contributed by atoms with Crippen LogP contribution in [0.4, 0.5) is 0 Å². The molecule has 0 spiro atoms. The van der Waals surface area contributed by atoms with E-state index in [1.54, 1.807) is 19.1 Å². The highest BCUT2D eigenvalue weighted by atomic mass is 32.2. The van der Waals surface area contributed by atoms with Crippen molar-refractivity contribution in [3.8, 4) is 5.75 Å². The number of carbonyl (C=O) groups is 1. The average Bonchev–Trinajstić information content (AvgIpc) is 3.11. The molecule has 0 fully saturated rings. The van der Waals surface area contributed by atoms with Crippen LogP contribution in [0, 0.1) is 0 Å². The minimum Gasteiger partial charge on any atom is -0.497 e. The number of hydrogen-bond acceptors (Lipinski definition) is 5. The topological polar surface area (TPSA) is 75.7 Å². The molecule has 0 radical (unpaired) electrons. The van der Waals surface area contributed by atoms with Crippen molar-refractivity contribution in [1.29, 1.82) is 0 Å². The number of likely N-dealkylation sites (N-methyl/N-ethyl adjacent to an activating group) is 1. The number of rotatable bonds is 8. The van der Waals surface area contributed by atoms with E-state index >= 15 is 0 Å². The van der Waals surface area contributed by atoms with Crippen molar-refractivity contribution in [1.82, 2.24) is 9.62 Å². The van der Waals surface area contributed by atoms with Gasteiger partial charge >= 0.3 is 0 Å². The van der Waals surface area contributed by atoms with E-state index in [0.717, 1.165) is 9.18 Å². The molecule has 2 aromatic rings. The Kier molecular flexibility index (Phi) is 6.36. The normalized spacial score (nSPS) is 11.5. The molecule has 0 aliphatic carbocycles. The molecule has 0 saturated carbocycles. The lowest BCUT2D eigenvalue weighted by Gasteiger charge is -2.20. The fourth-order valence-corrected chi connectivity index (χ4v) is 4.13. The highest BCUT2D eigenvalue weighted by Crippen LogP contribution is 2.19. The van der Waals surface area contributed by atoms with E-state index in [1.165, 1.54) is 30.6 Å². The smallest absolute Gasteiger partial charge is 0.243 e. The minimum atomic E-state index is -3.72. The van der Waals surface area contributed by atoms with E-state index in [2.05, 4.69) is 5.32 Å². The summed E-state index contributed by atoms with van der Waals surface area (Å²) in [5.74, 6) is 0.244. The van der Waals surface area contributed by atoms with Crippen molar-refractivity contribution >= 4 is 27.3 Å². The highest BCUT2D eigenvalue weighted by Gasteiger charge is 2.25. The summed E-state index contributed by atoms with van der Waals surface area (Å²) in [6.07, 6.45) is 0. The molecular weight excluding hydrogens is 348 g/mol. The van der Waals surface area contributed by atoms with Gasteiger partial charge in [-0.25, -0.2) is 8.42 Å². The lowest BCUT2D eigenvalue weighted by atomic mass is 10.3. The van der Waals surface area contributed by atoms with E-state index in [-0.39, 0.29) is 23.9 Å². The maximum Gasteiger partial charge on any atom is 0.243 e. The van der Waals surface area contributed by atoms with E-state index in [0.29, 0.717) is 12.3 Å². The van der Waals surface area contributed by atoms with E-state index in [1.807, 2.05) is 17.5 Å². The number of hydrogen-bond donors (Lipinski definition) is 1.